The van der Waals surface area contributed by atoms with Crippen molar-refractivity contribution in [1.82, 2.24) is 0 Å². The Morgan fingerprint density at radius 3 is 2.60 bits per heavy atom. The molecule has 0 aliphatic carbocycles. The van der Waals surface area contributed by atoms with E-state index in [-0.39, 0.29) is 17.9 Å². The SMILES string of the molecule is Cc1cc(OC(C)C)ccc1NC(=O)C(C)CCCN. The second-order valence-electron chi connectivity index (χ2n) is 5.46. The monoisotopic (exact) mass is 278 g/mol. The molecule has 0 spiro atoms. The molecule has 1 aromatic rings. The third-order valence-corrected chi connectivity index (χ3v) is 3.12. The highest BCUT2D eigenvalue weighted by atomic mass is 16.5. The third-order valence-electron chi connectivity index (χ3n) is 3.12. The smallest absolute Gasteiger partial charge is 0.227 e. The molecule has 0 aliphatic heterocycles. The molecule has 1 unspecified atom stereocenters. The minimum Gasteiger partial charge on any atom is -0.491 e. The van der Waals surface area contributed by atoms with Crippen LogP contribution in [0.5, 0.6) is 5.75 Å². The lowest BCUT2D eigenvalue weighted by atomic mass is 10.0. The van der Waals surface area contributed by atoms with E-state index < -0.39 is 0 Å². The number of benzene rings is 1. The molecule has 112 valence electrons. The van der Waals surface area contributed by atoms with Crippen LogP contribution in [0.3, 0.4) is 0 Å². The van der Waals surface area contributed by atoms with E-state index in [1.54, 1.807) is 0 Å². The zero-order valence-corrected chi connectivity index (χ0v) is 12.9. The first kappa shape index (κ1) is 16.5. The number of carbonyl (C=O) groups is 1. The van der Waals surface area contributed by atoms with Crippen molar-refractivity contribution in [2.45, 2.75) is 46.6 Å². The Hall–Kier alpha value is -1.55. The Balaban J connectivity index is 2.66. The summed E-state index contributed by atoms with van der Waals surface area (Å²) in [7, 11) is 0. The number of rotatable bonds is 7. The Morgan fingerprint density at radius 1 is 1.35 bits per heavy atom. The van der Waals surface area contributed by atoms with E-state index in [0.29, 0.717) is 6.54 Å². The number of aryl methyl sites for hydroxylation is 1. The molecule has 20 heavy (non-hydrogen) atoms. The topological polar surface area (TPSA) is 64.3 Å². The highest BCUT2D eigenvalue weighted by Gasteiger charge is 2.13. The van der Waals surface area contributed by atoms with Gasteiger partial charge in [0.05, 0.1) is 6.10 Å². The minimum atomic E-state index is -0.0236. The van der Waals surface area contributed by atoms with E-state index >= 15 is 0 Å². The van der Waals surface area contributed by atoms with Gasteiger partial charge < -0.3 is 15.8 Å². The summed E-state index contributed by atoms with van der Waals surface area (Å²) in [6.45, 7) is 8.50. The first-order valence-electron chi connectivity index (χ1n) is 7.22. The molecule has 1 rings (SSSR count). The van der Waals surface area contributed by atoms with Crippen molar-refractivity contribution in [2.24, 2.45) is 11.7 Å². The van der Waals surface area contributed by atoms with Crippen molar-refractivity contribution >= 4 is 11.6 Å². The molecule has 3 N–H and O–H groups in total. The van der Waals surface area contributed by atoms with Crippen LogP contribution in [0.25, 0.3) is 0 Å². The summed E-state index contributed by atoms with van der Waals surface area (Å²) in [5, 5.41) is 2.96. The molecule has 0 saturated carbocycles. The van der Waals surface area contributed by atoms with E-state index in [9.17, 15) is 4.79 Å². The second-order valence-corrected chi connectivity index (χ2v) is 5.46. The predicted octanol–water partition coefficient (Wildman–Crippen LogP) is 3.10. The molecule has 0 bridgehead atoms. The van der Waals surface area contributed by atoms with Gasteiger partial charge in [-0.15, -0.1) is 0 Å². The van der Waals surface area contributed by atoms with Crippen molar-refractivity contribution in [3.63, 3.8) is 0 Å². The molecule has 0 saturated heterocycles. The predicted molar refractivity (Wildman–Crippen MR) is 83.0 cm³/mol. The molecule has 0 fully saturated rings. The van der Waals surface area contributed by atoms with Crippen LogP contribution in [0.2, 0.25) is 0 Å². The first-order chi connectivity index (χ1) is 9.43. The fourth-order valence-corrected chi connectivity index (χ4v) is 1.93. The van der Waals surface area contributed by atoms with Gasteiger partial charge in [-0.2, -0.15) is 0 Å². The van der Waals surface area contributed by atoms with Gasteiger partial charge in [-0.05, 0) is 63.9 Å². The maximum Gasteiger partial charge on any atom is 0.227 e. The zero-order chi connectivity index (χ0) is 15.1. The molecule has 1 atom stereocenters. The van der Waals surface area contributed by atoms with Gasteiger partial charge in [0.2, 0.25) is 5.91 Å². The number of hydrogen-bond acceptors (Lipinski definition) is 3. The Bertz CT molecular complexity index is 444. The number of nitrogens with one attached hydrogen (secondary N) is 1. The summed E-state index contributed by atoms with van der Waals surface area (Å²) in [6, 6.07) is 5.72. The van der Waals surface area contributed by atoms with E-state index in [1.807, 2.05) is 45.9 Å². The van der Waals surface area contributed by atoms with Crippen LogP contribution in [0.15, 0.2) is 18.2 Å². The van der Waals surface area contributed by atoms with Gasteiger partial charge >= 0.3 is 0 Å². The average molecular weight is 278 g/mol. The van der Waals surface area contributed by atoms with Crippen LogP contribution in [0.1, 0.15) is 39.2 Å². The number of ether oxygens (including phenoxy) is 1. The van der Waals surface area contributed by atoms with E-state index in [2.05, 4.69) is 5.32 Å². The summed E-state index contributed by atoms with van der Waals surface area (Å²) in [5.41, 5.74) is 7.31. The minimum absolute atomic E-state index is 0.0236. The van der Waals surface area contributed by atoms with Crippen molar-refractivity contribution < 1.29 is 9.53 Å². The van der Waals surface area contributed by atoms with Gasteiger partial charge in [-0.1, -0.05) is 6.92 Å². The number of carbonyl (C=O) groups excluding carboxylic acids is 1. The number of anilines is 1. The Morgan fingerprint density at radius 2 is 2.05 bits per heavy atom. The lowest BCUT2D eigenvalue weighted by Gasteiger charge is -2.15. The molecule has 1 aromatic carbocycles. The third kappa shape index (κ3) is 5.21. The van der Waals surface area contributed by atoms with Gasteiger partial charge in [-0.25, -0.2) is 0 Å². The summed E-state index contributed by atoms with van der Waals surface area (Å²) < 4.78 is 5.63. The van der Waals surface area contributed by atoms with Crippen molar-refractivity contribution in [1.29, 1.82) is 0 Å². The molecule has 0 aliphatic rings. The zero-order valence-electron chi connectivity index (χ0n) is 12.9. The second kappa shape index (κ2) is 7.90. The molecular formula is C16H26N2O2. The molecule has 0 radical (unpaired) electrons. The van der Waals surface area contributed by atoms with Crippen LogP contribution >= 0.6 is 0 Å². The van der Waals surface area contributed by atoms with Gasteiger partial charge in [0.15, 0.2) is 0 Å². The standard InChI is InChI=1S/C16H26N2O2/c1-11(2)20-14-7-8-15(13(4)10-14)18-16(19)12(3)6-5-9-17/h7-8,10-12H,5-6,9,17H2,1-4H3,(H,18,19). The van der Waals surface area contributed by atoms with E-state index in [0.717, 1.165) is 29.8 Å². The molecular weight excluding hydrogens is 252 g/mol. The average Bonchev–Trinajstić information content (AvgIpc) is 2.38. The molecule has 4 heteroatoms. The van der Waals surface area contributed by atoms with Crippen molar-refractivity contribution in [2.75, 3.05) is 11.9 Å². The number of amides is 1. The van der Waals surface area contributed by atoms with Crippen molar-refractivity contribution in [3.05, 3.63) is 23.8 Å². The lowest BCUT2D eigenvalue weighted by Crippen LogP contribution is -2.21. The van der Waals surface area contributed by atoms with Gasteiger partial charge in [0.1, 0.15) is 5.75 Å². The van der Waals surface area contributed by atoms with Crippen LogP contribution in [0.4, 0.5) is 5.69 Å². The van der Waals surface area contributed by atoms with Crippen LogP contribution in [-0.2, 0) is 4.79 Å². The Kier molecular flexibility index (Phi) is 6.52. The summed E-state index contributed by atoms with van der Waals surface area (Å²) >= 11 is 0. The maximum atomic E-state index is 12.1. The van der Waals surface area contributed by atoms with E-state index in [4.69, 9.17) is 10.5 Å². The highest BCUT2D eigenvalue weighted by Crippen LogP contribution is 2.23. The largest absolute Gasteiger partial charge is 0.491 e. The van der Waals surface area contributed by atoms with Gasteiger partial charge in [0, 0.05) is 11.6 Å². The molecule has 0 heterocycles. The van der Waals surface area contributed by atoms with Gasteiger partial charge in [-0.3, -0.25) is 4.79 Å². The highest BCUT2D eigenvalue weighted by molar-refractivity contribution is 5.93. The van der Waals surface area contributed by atoms with Crippen LogP contribution in [0, 0.1) is 12.8 Å². The van der Waals surface area contributed by atoms with Gasteiger partial charge in [0.25, 0.3) is 0 Å². The van der Waals surface area contributed by atoms with Crippen LogP contribution < -0.4 is 15.8 Å². The fourth-order valence-electron chi connectivity index (χ4n) is 1.93. The summed E-state index contributed by atoms with van der Waals surface area (Å²) in [5.74, 6) is 0.843. The van der Waals surface area contributed by atoms with Crippen molar-refractivity contribution in [3.8, 4) is 5.75 Å². The summed E-state index contributed by atoms with van der Waals surface area (Å²) in [6.07, 6.45) is 1.83. The number of nitrogens with two attached hydrogens (primary N) is 1. The molecule has 1 amide bonds. The summed E-state index contributed by atoms with van der Waals surface area (Å²) in [4.78, 5) is 12.1. The normalized spacial score (nSPS) is 12.3. The molecule has 0 aromatic heterocycles. The first-order valence-corrected chi connectivity index (χ1v) is 7.22. The van der Waals surface area contributed by atoms with Crippen LogP contribution in [-0.4, -0.2) is 18.6 Å². The lowest BCUT2D eigenvalue weighted by molar-refractivity contribution is -0.119. The fraction of sp³-hybridized carbons (Fsp3) is 0.562. The quantitative estimate of drug-likeness (QED) is 0.805. The van der Waals surface area contributed by atoms with E-state index in [1.165, 1.54) is 0 Å². The maximum absolute atomic E-state index is 12.1. The molecule has 4 nitrogen and oxygen atoms in total. The Labute approximate surface area is 121 Å². The number of hydrogen-bond donors (Lipinski definition) is 2.